The highest BCUT2D eigenvalue weighted by molar-refractivity contribution is 6.31. The maximum absolute atomic E-state index is 13.4. The molecule has 1 aliphatic carbocycles. The van der Waals surface area contributed by atoms with Crippen LogP contribution in [0.15, 0.2) is 18.2 Å². The molecule has 20 heavy (non-hydrogen) atoms. The zero-order valence-electron chi connectivity index (χ0n) is 12.3. The van der Waals surface area contributed by atoms with Gasteiger partial charge < -0.3 is 5.32 Å². The van der Waals surface area contributed by atoms with Crippen LogP contribution in [0, 0.1) is 17.7 Å². The van der Waals surface area contributed by atoms with Gasteiger partial charge in [-0.2, -0.15) is 0 Å². The van der Waals surface area contributed by atoms with Crippen molar-refractivity contribution >= 4 is 11.6 Å². The van der Waals surface area contributed by atoms with Gasteiger partial charge in [0.2, 0.25) is 0 Å². The standard InChI is InChI=1S/C17H25ClFN/c1-2-20-12-14-7-5-3-4-6-13(14)10-15-11-16(19)8-9-17(15)18/h8-9,11,13-14,20H,2-7,10,12H2,1H3. The fourth-order valence-corrected chi connectivity index (χ4v) is 3.51. The Bertz CT molecular complexity index is 421. The van der Waals surface area contributed by atoms with Crippen LogP contribution >= 0.6 is 11.6 Å². The van der Waals surface area contributed by atoms with Gasteiger partial charge in [-0.05, 0) is 68.0 Å². The van der Waals surface area contributed by atoms with Gasteiger partial charge in [-0.1, -0.05) is 37.8 Å². The van der Waals surface area contributed by atoms with Gasteiger partial charge in [-0.15, -0.1) is 0 Å². The van der Waals surface area contributed by atoms with Gasteiger partial charge >= 0.3 is 0 Å². The Morgan fingerprint density at radius 2 is 1.95 bits per heavy atom. The molecule has 0 heterocycles. The highest BCUT2D eigenvalue weighted by Crippen LogP contribution is 2.33. The fraction of sp³-hybridized carbons (Fsp3) is 0.647. The summed E-state index contributed by atoms with van der Waals surface area (Å²) in [4.78, 5) is 0. The smallest absolute Gasteiger partial charge is 0.123 e. The molecule has 1 N–H and O–H groups in total. The van der Waals surface area contributed by atoms with E-state index in [9.17, 15) is 4.39 Å². The van der Waals surface area contributed by atoms with Crippen molar-refractivity contribution in [1.29, 1.82) is 0 Å². The van der Waals surface area contributed by atoms with E-state index < -0.39 is 0 Å². The van der Waals surface area contributed by atoms with E-state index >= 15 is 0 Å². The summed E-state index contributed by atoms with van der Waals surface area (Å²) in [6.45, 7) is 4.24. The maximum Gasteiger partial charge on any atom is 0.123 e. The number of halogens is 2. The Labute approximate surface area is 126 Å². The molecule has 1 fully saturated rings. The molecule has 112 valence electrons. The average molecular weight is 298 g/mol. The molecule has 0 bridgehead atoms. The molecule has 0 radical (unpaired) electrons. The topological polar surface area (TPSA) is 12.0 Å². The minimum Gasteiger partial charge on any atom is -0.317 e. The Morgan fingerprint density at radius 3 is 2.70 bits per heavy atom. The molecule has 2 unspecified atom stereocenters. The first-order valence-electron chi connectivity index (χ1n) is 7.85. The minimum absolute atomic E-state index is 0.179. The molecule has 3 heteroatoms. The molecule has 2 atom stereocenters. The normalized spacial score (nSPS) is 23.6. The predicted molar refractivity (Wildman–Crippen MR) is 83.7 cm³/mol. The van der Waals surface area contributed by atoms with Crippen molar-refractivity contribution < 1.29 is 4.39 Å². The first kappa shape index (κ1) is 15.8. The van der Waals surface area contributed by atoms with Crippen molar-refractivity contribution in [1.82, 2.24) is 5.32 Å². The monoisotopic (exact) mass is 297 g/mol. The lowest BCUT2D eigenvalue weighted by atomic mass is 9.83. The lowest BCUT2D eigenvalue weighted by Crippen LogP contribution is -2.28. The second-order valence-electron chi connectivity index (χ2n) is 5.91. The highest BCUT2D eigenvalue weighted by atomic mass is 35.5. The van der Waals surface area contributed by atoms with Crippen molar-refractivity contribution in [2.75, 3.05) is 13.1 Å². The summed E-state index contributed by atoms with van der Waals surface area (Å²) >= 11 is 6.23. The van der Waals surface area contributed by atoms with Crippen LogP contribution in [0.1, 0.15) is 44.6 Å². The number of rotatable bonds is 5. The first-order valence-corrected chi connectivity index (χ1v) is 8.23. The maximum atomic E-state index is 13.4. The number of hydrogen-bond acceptors (Lipinski definition) is 1. The molecular formula is C17H25ClFN. The van der Waals surface area contributed by atoms with Crippen molar-refractivity contribution in [3.63, 3.8) is 0 Å². The van der Waals surface area contributed by atoms with Gasteiger partial charge in [0.25, 0.3) is 0 Å². The Kier molecular flexibility index (Phi) is 6.31. The van der Waals surface area contributed by atoms with Crippen LogP contribution in [0.3, 0.4) is 0 Å². The lowest BCUT2D eigenvalue weighted by Gasteiger charge is -2.26. The molecule has 0 saturated heterocycles. The third kappa shape index (κ3) is 4.46. The van der Waals surface area contributed by atoms with Crippen LogP contribution in [0.5, 0.6) is 0 Å². The van der Waals surface area contributed by atoms with Crippen LogP contribution in [0.25, 0.3) is 0 Å². The van der Waals surface area contributed by atoms with E-state index in [-0.39, 0.29) is 5.82 Å². The summed E-state index contributed by atoms with van der Waals surface area (Å²) in [5.41, 5.74) is 0.972. The van der Waals surface area contributed by atoms with E-state index in [1.165, 1.54) is 38.2 Å². The number of hydrogen-bond donors (Lipinski definition) is 1. The van der Waals surface area contributed by atoms with E-state index in [0.29, 0.717) is 16.9 Å². The molecule has 0 aliphatic heterocycles. The van der Waals surface area contributed by atoms with Crippen molar-refractivity contribution in [3.8, 4) is 0 Å². The average Bonchev–Trinajstić information content (AvgIpc) is 2.66. The quantitative estimate of drug-likeness (QED) is 0.768. The van der Waals surface area contributed by atoms with Crippen LogP contribution < -0.4 is 5.32 Å². The summed E-state index contributed by atoms with van der Waals surface area (Å²) in [7, 11) is 0. The molecule has 1 aromatic carbocycles. The van der Waals surface area contributed by atoms with Gasteiger partial charge in [-0.25, -0.2) is 4.39 Å². The summed E-state index contributed by atoms with van der Waals surface area (Å²) in [6.07, 6.45) is 7.37. The van der Waals surface area contributed by atoms with E-state index in [4.69, 9.17) is 11.6 Å². The van der Waals surface area contributed by atoms with Crippen LogP contribution in [0.4, 0.5) is 4.39 Å². The fourth-order valence-electron chi connectivity index (χ4n) is 3.31. The summed E-state index contributed by atoms with van der Waals surface area (Å²) in [5, 5.41) is 4.19. The molecule has 0 amide bonds. The number of nitrogens with one attached hydrogen (secondary N) is 1. The largest absolute Gasteiger partial charge is 0.317 e. The van der Waals surface area contributed by atoms with Gasteiger partial charge in [0, 0.05) is 5.02 Å². The molecule has 1 saturated carbocycles. The van der Waals surface area contributed by atoms with Crippen LogP contribution in [-0.2, 0) is 6.42 Å². The second kappa shape index (κ2) is 7.99. The summed E-state index contributed by atoms with van der Waals surface area (Å²) < 4.78 is 13.4. The Hall–Kier alpha value is -0.600. The molecule has 0 spiro atoms. The summed E-state index contributed by atoms with van der Waals surface area (Å²) in [6, 6.07) is 4.73. The molecule has 1 aromatic rings. The molecular weight excluding hydrogens is 273 g/mol. The van der Waals surface area contributed by atoms with Gasteiger partial charge in [0.05, 0.1) is 0 Å². The zero-order chi connectivity index (χ0) is 14.4. The van der Waals surface area contributed by atoms with E-state index in [1.54, 1.807) is 12.1 Å². The lowest BCUT2D eigenvalue weighted by molar-refractivity contribution is 0.299. The molecule has 2 rings (SSSR count). The third-order valence-corrected chi connectivity index (χ3v) is 4.83. The highest BCUT2D eigenvalue weighted by Gasteiger charge is 2.24. The Morgan fingerprint density at radius 1 is 1.20 bits per heavy atom. The SMILES string of the molecule is CCNCC1CCCCCC1Cc1cc(F)ccc1Cl. The van der Waals surface area contributed by atoms with E-state index in [2.05, 4.69) is 12.2 Å². The van der Waals surface area contributed by atoms with Crippen molar-refractivity contribution in [2.45, 2.75) is 45.4 Å². The van der Waals surface area contributed by atoms with E-state index in [0.717, 1.165) is 25.1 Å². The third-order valence-electron chi connectivity index (χ3n) is 4.46. The van der Waals surface area contributed by atoms with Crippen molar-refractivity contribution in [3.05, 3.63) is 34.6 Å². The Balaban J connectivity index is 2.08. The van der Waals surface area contributed by atoms with Crippen LogP contribution in [-0.4, -0.2) is 13.1 Å². The molecule has 1 aliphatic rings. The van der Waals surface area contributed by atoms with Gasteiger partial charge in [0.15, 0.2) is 0 Å². The summed E-state index contributed by atoms with van der Waals surface area (Å²) in [5.74, 6) is 1.13. The van der Waals surface area contributed by atoms with Gasteiger partial charge in [-0.3, -0.25) is 0 Å². The van der Waals surface area contributed by atoms with Crippen LogP contribution in [0.2, 0.25) is 5.02 Å². The van der Waals surface area contributed by atoms with Gasteiger partial charge in [0.1, 0.15) is 5.82 Å². The second-order valence-corrected chi connectivity index (χ2v) is 6.31. The molecule has 0 aromatic heterocycles. The zero-order valence-corrected chi connectivity index (χ0v) is 13.1. The minimum atomic E-state index is -0.179. The van der Waals surface area contributed by atoms with Crippen molar-refractivity contribution in [2.24, 2.45) is 11.8 Å². The molecule has 1 nitrogen and oxygen atoms in total. The number of benzene rings is 1. The first-order chi connectivity index (χ1) is 9.70. The predicted octanol–water partition coefficient (Wildman–Crippen LogP) is 4.83. The van der Waals surface area contributed by atoms with E-state index in [1.807, 2.05) is 0 Å².